The van der Waals surface area contributed by atoms with Gasteiger partial charge in [-0.3, -0.25) is 4.57 Å². The predicted octanol–water partition coefficient (Wildman–Crippen LogP) is 5.82. The molecule has 1 heterocycles. The van der Waals surface area contributed by atoms with Crippen LogP contribution in [0.4, 0.5) is 0 Å². The van der Waals surface area contributed by atoms with E-state index >= 15 is 0 Å². The molecule has 0 radical (unpaired) electrons. The Morgan fingerprint density at radius 2 is 1.69 bits per heavy atom. The van der Waals surface area contributed by atoms with Gasteiger partial charge in [0.15, 0.2) is 4.67 Å². The molecule has 0 atom stereocenters. The Kier molecular flexibility index (Phi) is 8.33. The first-order valence-corrected chi connectivity index (χ1v) is 10.9. The highest BCUT2D eigenvalue weighted by atomic mass is 79.9. The van der Waals surface area contributed by atoms with Gasteiger partial charge in [-0.25, -0.2) is 4.79 Å². The summed E-state index contributed by atoms with van der Waals surface area (Å²) in [6, 6.07) is 0. The fourth-order valence-corrected chi connectivity index (χ4v) is 5.25. The molecule has 0 spiro atoms. The highest BCUT2D eigenvalue weighted by Gasteiger charge is 2.37. The molecular weight excluding hydrogens is 423 g/mol. The number of ether oxygens (including phenoxy) is 1. The largest absolute Gasteiger partial charge is 0.463 e. The number of hydrogen-bond donors (Lipinski definition) is 0. The highest BCUT2D eigenvalue weighted by molar-refractivity contribution is 9.10. The van der Waals surface area contributed by atoms with Crippen LogP contribution in [0, 0.1) is 6.92 Å². The summed E-state index contributed by atoms with van der Waals surface area (Å²) in [6.07, 6.45) is 1.17. The Morgan fingerprint density at radius 1 is 1.15 bits per heavy atom. The van der Waals surface area contributed by atoms with Gasteiger partial charge in [-0.1, -0.05) is 20.8 Å². The van der Waals surface area contributed by atoms with Crippen LogP contribution in [0.15, 0.2) is 15.2 Å². The number of esters is 1. The maximum absolute atomic E-state index is 13.4. The lowest BCUT2D eigenvalue weighted by Gasteiger charge is -2.21. The van der Waals surface area contributed by atoms with E-state index in [0.717, 1.165) is 5.56 Å². The number of furan rings is 1. The Morgan fingerprint density at radius 3 is 2.08 bits per heavy atom. The van der Waals surface area contributed by atoms with Crippen LogP contribution in [-0.2, 0) is 28.6 Å². The van der Waals surface area contributed by atoms with E-state index in [1.807, 2.05) is 27.7 Å². The van der Waals surface area contributed by atoms with Crippen molar-refractivity contribution >= 4 is 34.8 Å². The van der Waals surface area contributed by atoms with Crippen molar-refractivity contribution in [1.29, 1.82) is 0 Å². The molecule has 6 nitrogen and oxygen atoms in total. The molecule has 8 heteroatoms. The van der Waals surface area contributed by atoms with Crippen molar-refractivity contribution in [3.05, 3.63) is 27.6 Å². The third-order valence-electron chi connectivity index (χ3n) is 3.48. The molecule has 0 aliphatic rings. The van der Waals surface area contributed by atoms with E-state index in [1.165, 1.54) is 6.08 Å². The normalized spacial score (nSPS) is 13.2. The zero-order valence-corrected chi connectivity index (χ0v) is 19.0. The second-order valence-electron chi connectivity index (χ2n) is 6.57. The second-order valence-corrected chi connectivity index (χ2v) is 9.28. The second kappa shape index (κ2) is 9.36. The van der Waals surface area contributed by atoms with E-state index in [9.17, 15) is 9.36 Å². The molecular formula is C18H28BrO6P. The number of hydrogen-bond acceptors (Lipinski definition) is 6. The maximum Gasteiger partial charge on any atom is 0.362 e. The topological polar surface area (TPSA) is 75.0 Å². The molecule has 1 aromatic heterocycles. The van der Waals surface area contributed by atoms with Gasteiger partial charge in [0.05, 0.1) is 25.1 Å². The third-order valence-corrected chi connectivity index (χ3v) is 6.17. The number of carbonyl (C=O) groups excluding carboxylic acids is 1. The van der Waals surface area contributed by atoms with Crippen molar-refractivity contribution in [2.24, 2.45) is 0 Å². The van der Waals surface area contributed by atoms with E-state index in [4.69, 9.17) is 18.2 Å². The van der Waals surface area contributed by atoms with Crippen LogP contribution in [-0.4, -0.2) is 25.8 Å². The van der Waals surface area contributed by atoms with Gasteiger partial charge in [0.25, 0.3) is 0 Å². The zero-order chi connectivity index (χ0) is 20.1. The van der Waals surface area contributed by atoms with Crippen LogP contribution in [0.3, 0.4) is 0 Å². The first-order chi connectivity index (χ1) is 12.0. The molecule has 148 valence electrons. The lowest BCUT2D eigenvalue weighted by atomic mass is 9.90. The quantitative estimate of drug-likeness (QED) is 0.282. The van der Waals surface area contributed by atoms with Crippen LogP contribution in [0.5, 0.6) is 0 Å². The fourth-order valence-electron chi connectivity index (χ4n) is 2.59. The predicted molar refractivity (Wildman–Crippen MR) is 105 cm³/mol. The van der Waals surface area contributed by atoms with E-state index in [-0.39, 0.29) is 30.5 Å². The molecule has 1 aromatic rings. The molecule has 0 aliphatic carbocycles. The first kappa shape index (κ1) is 23.2. The standard InChI is InChI=1S/C18H28BrO6P/c1-8-22-14(20)11-13(26(21,23-9-2)24-10-3)15-12(4)16(18(5,6)7)25-17(15)19/h11H,8-10H2,1-7H3/b13-11+. The summed E-state index contributed by atoms with van der Waals surface area (Å²) in [7, 11) is -3.75. The van der Waals surface area contributed by atoms with Gasteiger partial charge in [0, 0.05) is 22.6 Å². The number of carbonyl (C=O) groups is 1. The van der Waals surface area contributed by atoms with Crippen LogP contribution in [0.2, 0.25) is 0 Å². The minimum atomic E-state index is -3.75. The summed E-state index contributed by atoms with van der Waals surface area (Å²) in [5.74, 6) is 0.0978. The summed E-state index contributed by atoms with van der Waals surface area (Å²) in [4.78, 5) is 12.1. The summed E-state index contributed by atoms with van der Waals surface area (Å²) in [5.41, 5.74) is 0.981. The summed E-state index contributed by atoms with van der Waals surface area (Å²) in [5, 5.41) is 0.128. The lowest BCUT2D eigenvalue weighted by molar-refractivity contribution is -0.137. The molecule has 0 amide bonds. The molecule has 0 saturated carbocycles. The Bertz CT molecular complexity index is 704. The average molecular weight is 451 g/mol. The van der Waals surface area contributed by atoms with Gasteiger partial charge in [0.1, 0.15) is 5.76 Å². The van der Waals surface area contributed by atoms with Gasteiger partial charge in [-0.05, 0) is 43.6 Å². The Balaban J connectivity index is 3.70. The molecule has 0 unspecified atom stereocenters. The van der Waals surface area contributed by atoms with Gasteiger partial charge in [-0.15, -0.1) is 0 Å². The minimum absolute atomic E-state index is 0.128. The molecule has 0 N–H and O–H groups in total. The smallest absolute Gasteiger partial charge is 0.362 e. The van der Waals surface area contributed by atoms with E-state index in [1.54, 1.807) is 20.8 Å². The Labute approximate surface area is 163 Å². The minimum Gasteiger partial charge on any atom is -0.463 e. The van der Waals surface area contributed by atoms with Gasteiger partial charge < -0.3 is 18.2 Å². The average Bonchev–Trinajstić information content (AvgIpc) is 2.80. The highest BCUT2D eigenvalue weighted by Crippen LogP contribution is 2.62. The summed E-state index contributed by atoms with van der Waals surface area (Å²) in [6.45, 7) is 13.5. The third kappa shape index (κ3) is 5.32. The molecule has 1 rings (SSSR count). The molecule has 26 heavy (non-hydrogen) atoms. The monoisotopic (exact) mass is 450 g/mol. The van der Waals surface area contributed by atoms with Crippen molar-refractivity contribution in [2.45, 2.75) is 53.9 Å². The Hall–Kier alpha value is -0.880. The van der Waals surface area contributed by atoms with Gasteiger partial charge in [-0.2, -0.15) is 0 Å². The van der Waals surface area contributed by atoms with E-state index < -0.39 is 13.6 Å². The van der Waals surface area contributed by atoms with Crippen molar-refractivity contribution in [1.82, 2.24) is 0 Å². The van der Waals surface area contributed by atoms with Crippen LogP contribution >= 0.6 is 23.5 Å². The van der Waals surface area contributed by atoms with Crippen molar-refractivity contribution in [3.63, 3.8) is 0 Å². The van der Waals surface area contributed by atoms with Crippen molar-refractivity contribution in [2.75, 3.05) is 19.8 Å². The van der Waals surface area contributed by atoms with Crippen LogP contribution in [0.25, 0.3) is 5.31 Å². The molecule has 0 aliphatic heterocycles. The summed E-state index contributed by atoms with van der Waals surface area (Å²) >= 11 is 3.39. The van der Waals surface area contributed by atoms with E-state index in [0.29, 0.717) is 16.0 Å². The summed E-state index contributed by atoms with van der Waals surface area (Å²) < 4.78 is 35.6. The van der Waals surface area contributed by atoms with Gasteiger partial charge in [0.2, 0.25) is 0 Å². The molecule has 0 aromatic carbocycles. The first-order valence-electron chi connectivity index (χ1n) is 8.59. The van der Waals surface area contributed by atoms with Crippen LogP contribution < -0.4 is 0 Å². The number of halogens is 1. The number of rotatable bonds is 8. The molecule has 0 bridgehead atoms. The van der Waals surface area contributed by atoms with Crippen molar-refractivity contribution in [3.8, 4) is 0 Å². The molecule has 0 fully saturated rings. The maximum atomic E-state index is 13.4. The lowest BCUT2D eigenvalue weighted by Crippen LogP contribution is -2.11. The zero-order valence-electron chi connectivity index (χ0n) is 16.5. The van der Waals surface area contributed by atoms with E-state index in [2.05, 4.69) is 15.9 Å². The fraction of sp³-hybridized carbons (Fsp3) is 0.611. The molecule has 0 saturated heterocycles. The van der Waals surface area contributed by atoms with Gasteiger partial charge >= 0.3 is 13.6 Å². The van der Waals surface area contributed by atoms with Crippen LogP contribution in [0.1, 0.15) is 58.4 Å². The SMILES string of the molecule is CCOC(=O)/C=C(\c1c(Br)oc(C(C)(C)C)c1C)P(=O)(OCC)OCC. The van der Waals surface area contributed by atoms with Crippen molar-refractivity contribution < 1.29 is 27.6 Å².